The Balaban J connectivity index is 0.000000269. The molecule has 1 aromatic carbocycles. The molecule has 0 bridgehead atoms. The van der Waals surface area contributed by atoms with Gasteiger partial charge < -0.3 is 5.32 Å². The quantitative estimate of drug-likeness (QED) is 0.769. The third-order valence-electron chi connectivity index (χ3n) is 2.82. The Kier molecular flexibility index (Phi) is 5.31. The molecule has 1 heterocycles. The van der Waals surface area contributed by atoms with Crippen LogP contribution in [0.25, 0.3) is 0 Å². The fraction of sp³-hybridized carbons (Fsp3) is 0.538. The number of hydrogen-bond acceptors (Lipinski definition) is 3. The van der Waals surface area contributed by atoms with E-state index in [4.69, 9.17) is 4.55 Å². The van der Waals surface area contributed by atoms with Crippen LogP contribution in [-0.2, 0) is 10.1 Å². The lowest BCUT2D eigenvalue weighted by molar-refractivity contribution is 0.482. The van der Waals surface area contributed by atoms with Gasteiger partial charge in [-0.05, 0) is 57.8 Å². The van der Waals surface area contributed by atoms with Gasteiger partial charge in [-0.2, -0.15) is 8.42 Å². The molecule has 0 saturated carbocycles. The Morgan fingerprint density at radius 2 is 1.50 bits per heavy atom. The summed E-state index contributed by atoms with van der Waals surface area (Å²) < 4.78 is 30.8. The zero-order chi connectivity index (χ0) is 13.8. The third-order valence-corrected chi connectivity index (χ3v) is 3.98. The summed E-state index contributed by atoms with van der Waals surface area (Å²) in [6.07, 6.45) is 2.78. The SMILES string of the molecule is C1CCNC1.Cc1cc(C)c(S(=O)(=O)O)c(C)c1. The van der Waals surface area contributed by atoms with Crippen LogP contribution in [0, 0.1) is 20.8 Å². The van der Waals surface area contributed by atoms with Gasteiger partial charge in [0, 0.05) is 0 Å². The lowest BCUT2D eigenvalue weighted by atomic mass is 10.1. The average Bonchev–Trinajstić information content (AvgIpc) is 2.69. The molecular formula is C13H21NO3S. The molecule has 1 fully saturated rings. The molecule has 0 atom stereocenters. The molecule has 0 amide bonds. The van der Waals surface area contributed by atoms with Crippen molar-refractivity contribution in [2.24, 2.45) is 0 Å². The average molecular weight is 271 g/mol. The van der Waals surface area contributed by atoms with Gasteiger partial charge in [-0.1, -0.05) is 17.7 Å². The van der Waals surface area contributed by atoms with Crippen molar-refractivity contribution in [3.63, 3.8) is 0 Å². The van der Waals surface area contributed by atoms with Crippen LogP contribution in [0.3, 0.4) is 0 Å². The van der Waals surface area contributed by atoms with Crippen molar-refractivity contribution in [2.75, 3.05) is 13.1 Å². The maximum Gasteiger partial charge on any atom is 0.295 e. The molecule has 0 spiro atoms. The van der Waals surface area contributed by atoms with Gasteiger partial charge in [-0.3, -0.25) is 4.55 Å². The molecule has 0 aromatic heterocycles. The smallest absolute Gasteiger partial charge is 0.295 e. The Hall–Kier alpha value is -0.910. The van der Waals surface area contributed by atoms with Crippen LogP contribution < -0.4 is 5.32 Å². The maximum absolute atomic E-state index is 10.9. The number of nitrogens with one attached hydrogen (secondary N) is 1. The Bertz CT molecular complexity index is 474. The standard InChI is InChI=1S/C9H12O3S.C4H9N/c1-6-4-7(2)9(8(3)5-6)13(10,11)12;1-2-4-5-3-1/h4-5H,1-3H3,(H,10,11,12);5H,1-4H2. The van der Waals surface area contributed by atoms with Gasteiger partial charge in [-0.15, -0.1) is 0 Å². The van der Waals surface area contributed by atoms with Gasteiger partial charge in [-0.25, -0.2) is 0 Å². The number of rotatable bonds is 1. The molecule has 102 valence electrons. The molecule has 5 heteroatoms. The molecule has 0 unspecified atom stereocenters. The Morgan fingerprint density at radius 3 is 1.78 bits per heavy atom. The topological polar surface area (TPSA) is 66.4 Å². The minimum absolute atomic E-state index is 0.0260. The van der Waals surface area contributed by atoms with E-state index in [1.807, 2.05) is 6.92 Å². The van der Waals surface area contributed by atoms with Crippen molar-refractivity contribution in [3.8, 4) is 0 Å². The molecule has 1 aromatic rings. The molecule has 0 radical (unpaired) electrons. The summed E-state index contributed by atoms with van der Waals surface area (Å²) in [6, 6.07) is 3.46. The molecule has 2 N–H and O–H groups in total. The predicted molar refractivity (Wildman–Crippen MR) is 72.6 cm³/mol. The Morgan fingerprint density at radius 1 is 1.06 bits per heavy atom. The van der Waals surface area contributed by atoms with Crippen LogP contribution in [0.5, 0.6) is 0 Å². The second kappa shape index (κ2) is 6.31. The summed E-state index contributed by atoms with van der Waals surface area (Å²) in [5.74, 6) is 0. The first kappa shape index (κ1) is 15.1. The van der Waals surface area contributed by atoms with Crippen LogP contribution in [-0.4, -0.2) is 26.1 Å². The molecule has 0 aliphatic carbocycles. The van der Waals surface area contributed by atoms with Gasteiger partial charge in [0.05, 0.1) is 4.90 Å². The number of benzene rings is 1. The van der Waals surface area contributed by atoms with E-state index in [1.54, 1.807) is 26.0 Å². The van der Waals surface area contributed by atoms with E-state index in [1.165, 1.54) is 25.9 Å². The van der Waals surface area contributed by atoms with E-state index in [0.29, 0.717) is 11.1 Å². The minimum Gasteiger partial charge on any atom is -0.317 e. The summed E-state index contributed by atoms with van der Waals surface area (Å²) in [5, 5.41) is 3.22. The summed E-state index contributed by atoms with van der Waals surface area (Å²) in [5.41, 5.74) is 2.16. The van der Waals surface area contributed by atoms with Crippen LogP contribution in [0.4, 0.5) is 0 Å². The maximum atomic E-state index is 10.9. The summed E-state index contributed by atoms with van der Waals surface area (Å²) in [7, 11) is -4.08. The first-order chi connectivity index (χ1) is 8.32. The van der Waals surface area contributed by atoms with Crippen LogP contribution in [0.1, 0.15) is 29.5 Å². The highest BCUT2D eigenvalue weighted by Crippen LogP contribution is 2.20. The summed E-state index contributed by atoms with van der Waals surface area (Å²) in [4.78, 5) is 0.0260. The highest BCUT2D eigenvalue weighted by molar-refractivity contribution is 7.86. The van der Waals surface area contributed by atoms with Crippen molar-refractivity contribution in [3.05, 3.63) is 28.8 Å². The van der Waals surface area contributed by atoms with Crippen LogP contribution in [0.2, 0.25) is 0 Å². The van der Waals surface area contributed by atoms with E-state index in [0.717, 1.165) is 5.56 Å². The van der Waals surface area contributed by atoms with Crippen LogP contribution in [0.15, 0.2) is 17.0 Å². The number of aryl methyl sites for hydroxylation is 3. The Labute approximate surface area is 109 Å². The van der Waals surface area contributed by atoms with Crippen molar-refractivity contribution in [1.29, 1.82) is 0 Å². The van der Waals surface area contributed by atoms with Gasteiger partial charge in [0.25, 0.3) is 10.1 Å². The van der Waals surface area contributed by atoms with Gasteiger partial charge in [0.1, 0.15) is 0 Å². The molecule has 1 saturated heterocycles. The molecule has 18 heavy (non-hydrogen) atoms. The molecular weight excluding hydrogens is 250 g/mol. The normalized spacial score (nSPS) is 15.1. The van der Waals surface area contributed by atoms with E-state index in [9.17, 15) is 8.42 Å². The van der Waals surface area contributed by atoms with E-state index in [-0.39, 0.29) is 4.90 Å². The zero-order valence-corrected chi connectivity index (χ0v) is 12.0. The van der Waals surface area contributed by atoms with Crippen molar-refractivity contribution >= 4 is 10.1 Å². The highest BCUT2D eigenvalue weighted by atomic mass is 32.2. The number of hydrogen-bond donors (Lipinski definition) is 2. The first-order valence-corrected chi connectivity index (χ1v) is 7.52. The van der Waals surface area contributed by atoms with E-state index >= 15 is 0 Å². The molecule has 2 rings (SSSR count). The molecule has 1 aliphatic heterocycles. The van der Waals surface area contributed by atoms with Crippen molar-refractivity contribution in [2.45, 2.75) is 38.5 Å². The van der Waals surface area contributed by atoms with Gasteiger partial charge in [0.2, 0.25) is 0 Å². The predicted octanol–water partition coefficient (Wildman–Crippen LogP) is 2.23. The van der Waals surface area contributed by atoms with E-state index in [2.05, 4.69) is 5.32 Å². The molecule has 1 aliphatic rings. The second-order valence-electron chi connectivity index (χ2n) is 4.66. The van der Waals surface area contributed by atoms with Gasteiger partial charge in [0.15, 0.2) is 0 Å². The fourth-order valence-corrected chi connectivity index (χ4v) is 3.13. The van der Waals surface area contributed by atoms with Gasteiger partial charge >= 0.3 is 0 Å². The molecule has 4 nitrogen and oxygen atoms in total. The monoisotopic (exact) mass is 271 g/mol. The minimum atomic E-state index is -4.08. The lowest BCUT2D eigenvalue weighted by Gasteiger charge is -2.07. The fourth-order valence-electron chi connectivity index (χ4n) is 2.20. The zero-order valence-electron chi connectivity index (χ0n) is 11.2. The van der Waals surface area contributed by atoms with Crippen molar-refractivity contribution < 1.29 is 13.0 Å². The van der Waals surface area contributed by atoms with E-state index < -0.39 is 10.1 Å². The summed E-state index contributed by atoms with van der Waals surface area (Å²) in [6.45, 7) is 7.72. The van der Waals surface area contributed by atoms with Crippen molar-refractivity contribution in [1.82, 2.24) is 5.32 Å². The third kappa shape index (κ3) is 4.40. The second-order valence-corrected chi connectivity index (χ2v) is 6.02. The largest absolute Gasteiger partial charge is 0.317 e. The highest BCUT2D eigenvalue weighted by Gasteiger charge is 2.15. The lowest BCUT2D eigenvalue weighted by Crippen LogP contribution is -2.04. The van der Waals surface area contributed by atoms with Crippen LogP contribution >= 0.6 is 0 Å². The first-order valence-electron chi connectivity index (χ1n) is 6.08. The summed E-state index contributed by atoms with van der Waals surface area (Å²) >= 11 is 0.